The lowest BCUT2D eigenvalue weighted by atomic mass is 10.1. The van der Waals surface area contributed by atoms with Gasteiger partial charge in [0.25, 0.3) is 0 Å². The van der Waals surface area contributed by atoms with E-state index in [4.69, 9.17) is 10.5 Å². The molecule has 2 rings (SSSR count). The summed E-state index contributed by atoms with van der Waals surface area (Å²) in [5.74, 6) is 1.32. The number of aromatic amines is 1. The van der Waals surface area contributed by atoms with Crippen LogP contribution < -0.4 is 10.5 Å². The van der Waals surface area contributed by atoms with Gasteiger partial charge in [0.1, 0.15) is 5.75 Å². The van der Waals surface area contributed by atoms with Crippen LogP contribution in [0.5, 0.6) is 5.75 Å². The predicted molar refractivity (Wildman–Crippen MR) is 64.3 cm³/mol. The Labute approximate surface area is 94.5 Å². The first kappa shape index (κ1) is 10.5. The third kappa shape index (κ3) is 2.00. The average molecular weight is 217 g/mol. The molecule has 0 amide bonds. The van der Waals surface area contributed by atoms with Crippen LogP contribution in [0.15, 0.2) is 24.4 Å². The SMILES string of the molecule is CCOc1ccc(-c2cnc(N)[nH]2)c(C)c1. The second-order valence-corrected chi connectivity index (χ2v) is 3.59. The van der Waals surface area contributed by atoms with Crippen LogP contribution in [-0.2, 0) is 0 Å². The van der Waals surface area contributed by atoms with Crippen molar-refractivity contribution in [2.24, 2.45) is 0 Å². The Morgan fingerprint density at radius 2 is 2.25 bits per heavy atom. The first-order valence-corrected chi connectivity index (χ1v) is 5.25. The minimum atomic E-state index is 0.434. The fraction of sp³-hybridized carbons (Fsp3) is 0.250. The molecule has 2 aromatic rings. The van der Waals surface area contributed by atoms with E-state index in [1.54, 1.807) is 6.20 Å². The van der Waals surface area contributed by atoms with E-state index in [0.29, 0.717) is 12.6 Å². The number of nitrogen functional groups attached to an aromatic ring is 1. The number of aryl methyl sites for hydroxylation is 1. The minimum absolute atomic E-state index is 0.434. The average Bonchev–Trinajstić information content (AvgIpc) is 2.65. The van der Waals surface area contributed by atoms with E-state index >= 15 is 0 Å². The number of aromatic nitrogens is 2. The molecule has 0 aliphatic rings. The molecule has 16 heavy (non-hydrogen) atoms. The molecule has 4 heteroatoms. The van der Waals surface area contributed by atoms with Crippen LogP contribution >= 0.6 is 0 Å². The molecule has 0 spiro atoms. The Balaban J connectivity index is 2.36. The minimum Gasteiger partial charge on any atom is -0.494 e. The molecule has 84 valence electrons. The molecule has 4 nitrogen and oxygen atoms in total. The molecule has 0 fully saturated rings. The van der Waals surface area contributed by atoms with Crippen molar-refractivity contribution in [1.82, 2.24) is 9.97 Å². The van der Waals surface area contributed by atoms with Gasteiger partial charge in [0.05, 0.1) is 18.5 Å². The number of hydrogen-bond donors (Lipinski definition) is 2. The van der Waals surface area contributed by atoms with Crippen LogP contribution in [0.2, 0.25) is 0 Å². The zero-order chi connectivity index (χ0) is 11.5. The van der Waals surface area contributed by atoms with E-state index < -0.39 is 0 Å². The molecule has 0 atom stereocenters. The highest BCUT2D eigenvalue weighted by Gasteiger charge is 2.05. The normalized spacial score (nSPS) is 10.4. The fourth-order valence-corrected chi connectivity index (χ4v) is 1.67. The highest BCUT2D eigenvalue weighted by molar-refractivity contribution is 5.65. The maximum Gasteiger partial charge on any atom is 0.197 e. The Kier molecular flexibility index (Phi) is 2.81. The van der Waals surface area contributed by atoms with E-state index in [9.17, 15) is 0 Å². The van der Waals surface area contributed by atoms with E-state index in [1.807, 2.05) is 32.0 Å². The van der Waals surface area contributed by atoms with E-state index in [2.05, 4.69) is 9.97 Å². The predicted octanol–water partition coefficient (Wildman–Crippen LogP) is 2.37. The number of hydrogen-bond acceptors (Lipinski definition) is 3. The number of nitrogens with two attached hydrogens (primary N) is 1. The van der Waals surface area contributed by atoms with Crippen molar-refractivity contribution in [1.29, 1.82) is 0 Å². The number of rotatable bonds is 3. The number of anilines is 1. The topological polar surface area (TPSA) is 63.9 Å². The summed E-state index contributed by atoms with van der Waals surface area (Å²) in [6, 6.07) is 5.96. The number of nitrogens with one attached hydrogen (secondary N) is 1. The Morgan fingerprint density at radius 3 is 2.81 bits per heavy atom. The van der Waals surface area contributed by atoms with Crippen molar-refractivity contribution >= 4 is 5.95 Å². The second-order valence-electron chi connectivity index (χ2n) is 3.59. The fourth-order valence-electron chi connectivity index (χ4n) is 1.67. The highest BCUT2D eigenvalue weighted by Crippen LogP contribution is 2.25. The molecular weight excluding hydrogens is 202 g/mol. The maximum absolute atomic E-state index is 5.55. The van der Waals surface area contributed by atoms with Gasteiger partial charge in [0, 0.05) is 5.56 Å². The van der Waals surface area contributed by atoms with E-state index in [1.165, 1.54) is 0 Å². The smallest absolute Gasteiger partial charge is 0.197 e. The van der Waals surface area contributed by atoms with Gasteiger partial charge >= 0.3 is 0 Å². The van der Waals surface area contributed by atoms with Crippen LogP contribution in [-0.4, -0.2) is 16.6 Å². The molecule has 0 radical (unpaired) electrons. The molecule has 1 heterocycles. The maximum atomic E-state index is 5.55. The number of H-pyrrole nitrogens is 1. The van der Waals surface area contributed by atoms with Gasteiger partial charge in [-0.3, -0.25) is 0 Å². The van der Waals surface area contributed by atoms with Gasteiger partial charge in [0.2, 0.25) is 0 Å². The van der Waals surface area contributed by atoms with Gasteiger partial charge in [-0.2, -0.15) is 0 Å². The summed E-state index contributed by atoms with van der Waals surface area (Å²) in [7, 11) is 0. The third-order valence-corrected chi connectivity index (χ3v) is 2.39. The van der Waals surface area contributed by atoms with Crippen LogP contribution in [0.3, 0.4) is 0 Å². The summed E-state index contributed by atoms with van der Waals surface area (Å²) in [5, 5.41) is 0. The highest BCUT2D eigenvalue weighted by atomic mass is 16.5. The van der Waals surface area contributed by atoms with Crippen molar-refractivity contribution in [3.05, 3.63) is 30.0 Å². The van der Waals surface area contributed by atoms with Crippen molar-refractivity contribution in [2.45, 2.75) is 13.8 Å². The lowest BCUT2D eigenvalue weighted by Crippen LogP contribution is -1.93. The number of benzene rings is 1. The van der Waals surface area contributed by atoms with Gasteiger partial charge in [-0.05, 0) is 37.6 Å². The molecule has 0 saturated heterocycles. The number of imidazole rings is 1. The van der Waals surface area contributed by atoms with Crippen LogP contribution in [0.1, 0.15) is 12.5 Å². The molecule has 0 aliphatic heterocycles. The monoisotopic (exact) mass is 217 g/mol. The zero-order valence-corrected chi connectivity index (χ0v) is 9.45. The van der Waals surface area contributed by atoms with Crippen LogP contribution in [0.4, 0.5) is 5.95 Å². The molecule has 0 unspecified atom stereocenters. The van der Waals surface area contributed by atoms with Crippen LogP contribution in [0, 0.1) is 6.92 Å². The summed E-state index contributed by atoms with van der Waals surface area (Å²) in [6.45, 7) is 4.68. The van der Waals surface area contributed by atoms with Gasteiger partial charge < -0.3 is 15.5 Å². The summed E-state index contributed by atoms with van der Waals surface area (Å²) >= 11 is 0. The quantitative estimate of drug-likeness (QED) is 0.829. The zero-order valence-electron chi connectivity index (χ0n) is 9.45. The standard InChI is InChI=1S/C12H15N3O/c1-3-16-9-4-5-10(8(2)6-9)11-7-14-12(13)15-11/h4-7H,3H2,1-2H3,(H3,13,14,15). The lowest BCUT2D eigenvalue weighted by molar-refractivity contribution is 0.340. The molecule has 1 aromatic carbocycles. The summed E-state index contributed by atoms with van der Waals surface area (Å²) < 4.78 is 5.43. The number of ether oxygens (including phenoxy) is 1. The Morgan fingerprint density at radius 1 is 1.44 bits per heavy atom. The Hall–Kier alpha value is -1.97. The van der Waals surface area contributed by atoms with Gasteiger partial charge in [-0.15, -0.1) is 0 Å². The third-order valence-electron chi connectivity index (χ3n) is 2.39. The van der Waals surface area contributed by atoms with Gasteiger partial charge in [-0.1, -0.05) is 0 Å². The molecular formula is C12H15N3O. The lowest BCUT2D eigenvalue weighted by Gasteiger charge is -2.07. The molecule has 0 bridgehead atoms. The summed E-state index contributed by atoms with van der Waals surface area (Å²) in [4.78, 5) is 6.99. The summed E-state index contributed by atoms with van der Waals surface area (Å²) in [6.07, 6.45) is 1.73. The largest absolute Gasteiger partial charge is 0.494 e. The van der Waals surface area contributed by atoms with Crippen LogP contribution in [0.25, 0.3) is 11.3 Å². The molecule has 1 aromatic heterocycles. The molecule has 3 N–H and O–H groups in total. The molecule has 0 saturated carbocycles. The van der Waals surface area contributed by atoms with E-state index in [0.717, 1.165) is 22.6 Å². The second kappa shape index (κ2) is 4.26. The van der Waals surface area contributed by atoms with Crippen molar-refractivity contribution in [3.8, 4) is 17.0 Å². The Bertz CT molecular complexity index is 491. The van der Waals surface area contributed by atoms with Crippen molar-refractivity contribution in [3.63, 3.8) is 0 Å². The van der Waals surface area contributed by atoms with Gasteiger partial charge in [0.15, 0.2) is 5.95 Å². The first-order valence-electron chi connectivity index (χ1n) is 5.25. The van der Waals surface area contributed by atoms with E-state index in [-0.39, 0.29) is 0 Å². The van der Waals surface area contributed by atoms with Crippen molar-refractivity contribution in [2.75, 3.05) is 12.3 Å². The first-order chi connectivity index (χ1) is 7.70. The summed E-state index contributed by atoms with van der Waals surface area (Å²) in [5.41, 5.74) is 8.71. The van der Waals surface area contributed by atoms with Gasteiger partial charge in [-0.25, -0.2) is 4.98 Å². The number of nitrogens with zero attached hydrogens (tertiary/aromatic N) is 1. The van der Waals surface area contributed by atoms with Crippen molar-refractivity contribution < 1.29 is 4.74 Å². The molecule has 0 aliphatic carbocycles.